The van der Waals surface area contributed by atoms with Crippen LogP contribution in [0.1, 0.15) is 91.9 Å². The van der Waals surface area contributed by atoms with E-state index >= 15 is 0 Å². The molecule has 0 rings (SSSR count). The molecule has 0 spiro atoms. The summed E-state index contributed by atoms with van der Waals surface area (Å²) < 4.78 is 0. The summed E-state index contributed by atoms with van der Waals surface area (Å²) in [6.07, 6.45) is 10.4. The van der Waals surface area contributed by atoms with E-state index in [1.807, 2.05) is 13.8 Å². The van der Waals surface area contributed by atoms with Gasteiger partial charge in [0.25, 0.3) is 0 Å². The van der Waals surface area contributed by atoms with Gasteiger partial charge in [-0.2, -0.15) is 20.8 Å². The van der Waals surface area contributed by atoms with E-state index in [4.69, 9.17) is 0 Å². The topological polar surface area (TPSA) is 72.3 Å². The first-order valence-corrected chi connectivity index (χ1v) is 8.72. The molecule has 0 aromatic carbocycles. The van der Waals surface area contributed by atoms with E-state index < -0.39 is 11.1 Å². The predicted molar refractivity (Wildman–Crippen MR) is 90.4 cm³/mol. The summed E-state index contributed by atoms with van der Waals surface area (Å²) in [5, 5.41) is 27.3. The van der Waals surface area contributed by atoms with Crippen molar-refractivity contribution in [1.29, 1.82) is 10.5 Å². The Balaban J connectivity index is 4.56. The minimum Gasteiger partial charge on any atom is -0.196 e. The molecule has 0 aliphatic rings. The lowest BCUT2D eigenvalue weighted by atomic mass is 9.95. The van der Waals surface area contributed by atoms with E-state index in [9.17, 15) is 10.5 Å². The largest absolute Gasteiger partial charge is 0.196 e. The number of azo groups is 1. The maximum absolute atomic E-state index is 9.37. The molecule has 0 heterocycles. The van der Waals surface area contributed by atoms with E-state index in [1.165, 1.54) is 25.7 Å². The van der Waals surface area contributed by atoms with E-state index in [1.54, 1.807) is 0 Å². The first-order chi connectivity index (χ1) is 10.4. The van der Waals surface area contributed by atoms with Gasteiger partial charge in [0.1, 0.15) is 0 Å². The van der Waals surface area contributed by atoms with E-state index in [-0.39, 0.29) is 0 Å². The molecule has 0 aromatic heterocycles. The molecule has 124 valence electrons. The molecule has 0 fully saturated rings. The van der Waals surface area contributed by atoms with Crippen molar-refractivity contribution in [1.82, 2.24) is 0 Å². The van der Waals surface area contributed by atoms with Gasteiger partial charge in [-0.05, 0) is 39.5 Å². The van der Waals surface area contributed by atoms with E-state index in [2.05, 4.69) is 36.2 Å². The van der Waals surface area contributed by atoms with Gasteiger partial charge in [0, 0.05) is 0 Å². The summed E-state index contributed by atoms with van der Waals surface area (Å²) >= 11 is 0. The second-order valence-electron chi connectivity index (χ2n) is 6.59. The Kier molecular flexibility index (Phi) is 10.5. The van der Waals surface area contributed by atoms with Crippen molar-refractivity contribution in [3.63, 3.8) is 0 Å². The molecule has 0 saturated heterocycles. The lowest BCUT2D eigenvalue weighted by Crippen LogP contribution is -2.23. The molecule has 2 atom stereocenters. The van der Waals surface area contributed by atoms with Crippen molar-refractivity contribution in [2.75, 3.05) is 0 Å². The van der Waals surface area contributed by atoms with Gasteiger partial charge in [0.2, 0.25) is 0 Å². The van der Waals surface area contributed by atoms with Gasteiger partial charge >= 0.3 is 0 Å². The number of nitriles is 2. The quantitative estimate of drug-likeness (QED) is 0.330. The first kappa shape index (κ1) is 20.6. The molecule has 4 nitrogen and oxygen atoms in total. The fraction of sp³-hybridized carbons (Fsp3) is 0.889. The second-order valence-corrected chi connectivity index (χ2v) is 6.59. The number of unbranched alkanes of at least 4 members (excludes halogenated alkanes) is 6. The van der Waals surface area contributed by atoms with Crippen LogP contribution in [0.2, 0.25) is 0 Å². The second kappa shape index (κ2) is 11.2. The lowest BCUT2D eigenvalue weighted by Gasteiger charge is -2.19. The lowest BCUT2D eigenvalue weighted by molar-refractivity contribution is 0.425. The summed E-state index contributed by atoms with van der Waals surface area (Å²) in [5.74, 6) is 0. The smallest absolute Gasteiger partial charge is 0.164 e. The zero-order valence-corrected chi connectivity index (χ0v) is 14.9. The van der Waals surface area contributed by atoms with Crippen LogP contribution in [-0.4, -0.2) is 11.1 Å². The molecule has 2 unspecified atom stereocenters. The summed E-state index contributed by atoms with van der Waals surface area (Å²) in [4.78, 5) is 0. The Morgan fingerprint density at radius 1 is 0.682 bits per heavy atom. The van der Waals surface area contributed by atoms with Crippen LogP contribution in [-0.2, 0) is 0 Å². The maximum atomic E-state index is 9.37. The van der Waals surface area contributed by atoms with Crippen molar-refractivity contribution < 1.29 is 0 Å². The van der Waals surface area contributed by atoms with Crippen molar-refractivity contribution in [3.8, 4) is 12.1 Å². The van der Waals surface area contributed by atoms with Gasteiger partial charge in [-0.1, -0.05) is 52.4 Å². The van der Waals surface area contributed by atoms with Gasteiger partial charge < -0.3 is 0 Å². The fourth-order valence-electron chi connectivity index (χ4n) is 2.27. The van der Waals surface area contributed by atoms with Gasteiger partial charge in [-0.25, -0.2) is 0 Å². The first-order valence-electron chi connectivity index (χ1n) is 8.72. The van der Waals surface area contributed by atoms with Crippen LogP contribution < -0.4 is 0 Å². The number of nitrogens with zero attached hydrogens (tertiary/aromatic N) is 4. The molecule has 0 N–H and O–H groups in total. The monoisotopic (exact) mass is 304 g/mol. The van der Waals surface area contributed by atoms with Crippen LogP contribution in [0.5, 0.6) is 0 Å². The zero-order valence-electron chi connectivity index (χ0n) is 14.9. The van der Waals surface area contributed by atoms with Crippen LogP contribution in [0, 0.1) is 22.7 Å². The molecule has 4 heteroatoms. The summed E-state index contributed by atoms with van der Waals surface area (Å²) in [6, 6.07) is 4.52. The fourth-order valence-corrected chi connectivity index (χ4v) is 2.27. The normalized spacial score (nSPS) is 16.6. The van der Waals surface area contributed by atoms with E-state index in [0.717, 1.165) is 25.7 Å². The van der Waals surface area contributed by atoms with Crippen LogP contribution in [0.15, 0.2) is 10.2 Å². The third-order valence-corrected chi connectivity index (χ3v) is 4.01. The number of hydrogen-bond acceptors (Lipinski definition) is 4. The standard InChI is InChI=1S/C18H32N4/c1-5-7-9-11-13-17(3,15-19)21-22-18(4,16-20)14-12-10-8-6-2/h5-14H2,1-4H3/b22-21+. The van der Waals surface area contributed by atoms with Crippen LogP contribution in [0.25, 0.3) is 0 Å². The predicted octanol–water partition coefficient (Wildman–Crippen LogP) is 5.94. The highest BCUT2D eigenvalue weighted by Gasteiger charge is 2.27. The highest BCUT2D eigenvalue weighted by molar-refractivity contribution is 5.07. The summed E-state index contributed by atoms with van der Waals surface area (Å²) in [6.45, 7) is 7.97. The summed E-state index contributed by atoms with van der Waals surface area (Å²) in [7, 11) is 0. The van der Waals surface area contributed by atoms with Gasteiger partial charge in [-0.3, -0.25) is 0 Å². The molecular weight excluding hydrogens is 272 g/mol. The molecule has 0 radical (unpaired) electrons. The molecular formula is C18H32N4. The molecule has 0 amide bonds. The number of hydrogen-bond donors (Lipinski definition) is 0. The Bertz CT molecular complexity index is 366. The Hall–Kier alpha value is -1.42. The van der Waals surface area contributed by atoms with Crippen molar-refractivity contribution in [2.45, 2.75) is 103 Å². The minimum atomic E-state index is -0.796. The van der Waals surface area contributed by atoms with Crippen molar-refractivity contribution in [2.24, 2.45) is 10.2 Å². The molecule has 0 aromatic rings. The Morgan fingerprint density at radius 2 is 1.05 bits per heavy atom. The maximum Gasteiger partial charge on any atom is 0.164 e. The van der Waals surface area contributed by atoms with Crippen LogP contribution in [0.4, 0.5) is 0 Å². The van der Waals surface area contributed by atoms with Gasteiger partial charge in [-0.15, -0.1) is 0 Å². The Morgan fingerprint density at radius 3 is 1.32 bits per heavy atom. The van der Waals surface area contributed by atoms with Crippen molar-refractivity contribution in [3.05, 3.63) is 0 Å². The van der Waals surface area contributed by atoms with Gasteiger partial charge in [0.15, 0.2) is 11.1 Å². The molecule has 0 saturated carbocycles. The average Bonchev–Trinajstić information content (AvgIpc) is 2.54. The average molecular weight is 304 g/mol. The van der Waals surface area contributed by atoms with E-state index in [0.29, 0.717) is 12.8 Å². The zero-order chi connectivity index (χ0) is 16.9. The highest BCUT2D eigenvalue weighted by Crippen LogP contribution is 2.25. The highest BCUT2D eigenvalue weighted by atomic mass is 15.2. The minimum absolute atomic E-state index is 0.713. The van der Waals surface area contributed by atoms with Crippen molar-refractivity contribution >= 4 is 0 Å². The van der Waals surface area contributed by atoms with Crippen LogP contribution in [0.3, 0.4) is 0 Å². The third-order valence-electron chi connectivity index (χ3n) is 4.01. The Labute approximate surface area is 136 Å². The molecule has 0 aliphatic carbocycles. The third kappa shape index (κ3) is 8.78. The summed E-state index contributed by atoms with van der Waals surface area (Å²) in [5.41, 5.74) is -1.59. The molecule has 0 bridgehead atoms. The molecule has 0 aliphatic heterocycles. The SMILES string of the molecule is CCCCCCC(C)(C#N)/N=N/C(C)(C#N)CCCCCC. The van der Waals surface area contributed by atoms with Gasteiger partial charge in [0.05, 0.1) is 12.1 Å². The number of rotatable bonds is 12. The molecule has 22 heavy (non-hydrogen) atoms. The van der Waals surface area contributed by atoms with Crippen LogP contribution >= 0.6 is 0 Å².